The van der Waals surface area contributed by atoms with Gasteiger partial charge in [0, 0.05) is 32.2 Å². The Labute approximate surface area is 327 Å². The number of methoxy groups -OCH3 is 4. The molecular formula is C43H47N3O10. The molecule has 4 aromatic carbocycles. The van der Waals surface area contributed by atoms with Gasteiger partial charge in [0.05, 0.1) is 40.8 Å². The summed E-state index contributed by atoms with van der Waals surface area (Å²) < 4.78 is 44.3. The maximum atomic E-state index is 13.3. The minimum Gasteiger partial charge on any atom is -0.497 e. The summed E-state index contributed by atoms with van der Waals surface area (Å²) in [5.74, 6) is 3.61. The van der Waals surface area contributed by atoms with Crippen LogP contribution < -0.4 is 28.4 Å². The number of benzene rings is 4. The molecule has 0 radical (unpaired) electrons. The molecule has 2 amide bonds. The van der Waals surface area contributed by atoms with E-state index in [1.807, 2.05) is 97.1 Å². The Balaban J connectivity index is 1.10. The van der Waals surface area contributed by atoms with Crippen LogP contribution in [-0.4, -0.2) is 81.8 Å². The van der Waals surface area contributed by atoms with Gasteiger partial charge in [0.15, 0.2) is 0 Å². The zero-order valence-electron chi connectivity index (χ0n) is 32.1. The Hall–Kier alpha value is -6.63. The van der Waals surface area contributed by atoms with Crippen molar-refractivity contribution in [1.29, 1.82) is 0 Å². The second-order valence-electron chi connectivity index (χ2n) is 12.4. The summed E-state index contributed by atoms with van der Waals surface area (Å²) in [4.78, 5) is 34.0. The highest BCUT2D eigenvalue weighted by molar-refractivity contribution is 5.68. The van der Waals surface area contributed by atoms with E-state index < -0.39 is 12.2 Å². The van der Waals surface area contributed by atoms with E-state index in [2.05, 4.69) is 4.98 Å². The second kappa shape index (κ2) is 21.3. The van der Waals surface area contributed by atoms with Gasteiger partial charge in [-0.05, 0) is 70.8 Å². The molecule has 0 unspecified atom stereocenters. The third-order valence-corrected chi connectivity index (χ3v) is 8.39. The molecule has 56 heavy (non-hydrogen) atoms. The van der Waals surface area contributed by atoms with Crippen LogP contribution >= 0.6 is 0 Å². The van der Waals surface area contributed by atoms with Crippen LogP contribution in [0.1, 0.15) is 22.3 Å². The summed E-state index contributed by atoms with van der Waals surface area (Å²) in [5, 5.41) is 0. The molecular weight excluding hydrogens is 718 g/mol. The Morgan fingerprint density at radius 3 is 1.07 bits per heavy atom. The molecule has 0 bridgehead atoms. The third kappa shape index (κ3) is 12.8. The monoisotopic (exact) mass is 765 g/mol. The Morgan fingerprint density at radius 1 is 0.446 bits per heavy atom. The topological polar surface area (TPSA) is 127 Å². The summed E-state index contributed by atoms with van der Waals surface area (Å²) >= 11 is 0. The first-order valence-electron chi connectivity index (χ1n) is 17.9. The predicted octanol–water partition coefficient (Wildman–Crippen LogP) is 7.55. The van der Waals surface area contributed by atoms with Crippen molar-refractivity contribution in [3.05, 3.63) is 138 Å². The van der Waals surface area contributed by atoms with Crippen molar-refractivity contribution in [3.8, 4) is 34.5 Å². The van der Waals surface area contributed by atoms with Gasteiger partial charge in [0.2, 0.25) is 0 Å². The second-order valence-corrected chi connectivity index (χ2v) is 12.4. The van der Waals surface area contributed by atoms with Crippen LogP contribution in [0.4, 0.5) is 9.59 Å². The smallest absolute Gasteiger partial charge is 0.410 e. The molecule has 0 aliphatic heterocycles. The number of hydrogen-bond donors (Lipinski definition) is 0. The third-order valence-electron chi connectivity index (χ3n) is 8.39. The normalized spacial score (nSPS) is 10.5. The van der Waals surface area contributed by atoms with Gasteiger partial charge < -0.3 is 37.9 Å². The summed E-state index contributed by atoms with van der Waals surface area (Å²) in [6, 6.07) is 31.8. The average Bonchev–Trinajstić information content (AvgIpc) is 3.23. The Morgan fingerprint density at radius 2 is 0.768 bits per heavy atom. The Bertz CT molecular complexity index is 1770. The van der Waals surface area contributed by atoms with Gasteiger partial charge in [0.25, 0.3) is 0 Å². The minimum absolute atomic E-state index is 0.00534. The van der Waals surface area contributed by atoms with E-state index in [4.69, 9.17) is 37.9 Å². The minimum atomic E-state index is -0.505. The molecule has 0 aliphatic rings. The van der Waals surface area contributed by atoms with Crippen molar-refractivity contribution < 1.29 is 47.5 Å². The molecule has 13 nitrogen and oxygen atoms in total. The molecule has 1 heterocycles. The zero-order chi connectivity index (χ0) is 39.5. The quantitative estimate of drug-likeness (QED) is 0.0729. The first-order valence-corrected chi connectivity index (χ1v) is 17.9. The molecule has 0 aliphatic carbocycles. The molecule has 0 spiro atoms. The van der Waals surface area contributed by atoms with Crippen molar-refractivity contribution in [2.45, 2.75) is 26.2 Å². The number of nitrogens with zero attached hydrogens (tertiary/aromatic N) is 3. The van der Waals surface area contributed by atoms with Gasteiger partial charge in [-0.2, -0.15) is 0 Å². The highest BCUT2D eigenvalue weighted by atomic mass is 16.6. The van der Waals surface area contributed by atoms with E-state index in [1.54, 1.807) is 44.3 Å². The fourth-order valence-corrected chi connectivity index (χ4v) is 5.65. The van der Waals surface area contributed by atoms with Crippen LogP contribution in [0, 0.1) is 0 Å². The Kier molecular flexibility index (Phi) is 15.4. The zero-order valence-corrected chi connectivity index (χ0v) is 32.1. The number of pyridine rings is 1. The number of ether oxygens (including phenoxy) is 8. The molecule has 0 atom stereocenters. The highest BCUT2D eigenvalue weighted by Crippen LogP contribution is 2.22. The largest absolute Gasteiger partial charge is 0.497 e. The van der Waals surface area contributed by atoms with Gasteiger partial charge in [-0.15, -0.1) is 0 Å². The van der Waals surface area contributed by atoms with E-state index in [1.165, 1.54) is 12.4 Å². The average molecular weight is 766 g/mol. The fraction of sp³-hybridized carbons (Fsp3) is 0.279. The number of aromatic nitrogens is 1. The number of carbonyl (C=O) groups is 2. The van der Waals surface area contributed by atoms with Crippen molar-refractivity contribution in [2.24, 2.45) is 0 Å². The molecule has 0 saturated carbocycles. The molecule has 5 rings (SSSR count). The summed E-state index contributed by atoms with van der Waals surface area (Å²) in [7, 11) is 6.40. The molecule has 13 heteroatoms. The van der Waals surface area contributed by atoms with E-state index in [9.17, 15) is 9.59 Å². The van der Waals surface area contributed by atoms with Crippen molar-refractivity contribution >= 4 is 12.2 Å². The van der Waals surface area contributed by atoms with Crippen molar-refractivity contribution in [2.75, 3.05) is 54.9 Å². The van der Waals surface area contributed by atoms with E-state index >= 15 is 0 Å². The number of hydrogen-bond acceptors (Lipinski definition) is 11. The maximum absolute atomic E-state index is 13.3. The van der Waals surface area contributed by atoms with Gasteiger partial charge in [-0.25, -0.2) is 9.59 Å². The van der Waals surface area contributed by atoms with Crippen LogP contribution in [0.3, 0.4) is 0 Å². The number of rotatable bonds is 20. The van der Waals surface area contributed by atoms with Crippen molar-refractivity contribution in [3.63, 3.8) is 0 Å². The summed E-state index contributed by atoms with van der Waals surface area (Å²) in [6.07, 6.45) is 2.05. The fourth-order valence-electron chi connectivity index (χ4n) is 5.65. The molecule has 294 valence electrons. The van der Waals surface area contributed by atoms with Gasteiger partial charge >= 0.3 is 12.2 Å². The van der Waals surface area contributed by atoms with Crippen LogP contribution in [0.25, 0.3) is 0 Å². The lowest BCUT2D eigenvalue weighted by molar-refractivity contribution is 0.0827. The number of amides is 2. The lowest BCUT2D eigenvalue weighted by Gasteiger charge is -2.23. The highest BCUT2D eigenvalue weighted by Gasteiger charge is 2.19. The van der Waals surface area contributed by atoms with Crippen LogP contribution in [0.5, 0.6) is 34.5 Å². The van der Waals surface area contributed by atoms with Gasteiger partial charge in [-0.3, -0.25) is 14.8 Å². The standard InChI is InChI=1S/C43H47N3O10/c1-49-36-13-5-9-32(21-36)28-45(29-33-10-6-14-37(22-33)50-2)42(47)55-19-17-53-40-25-41(27-44-26-40)54-18-20-56-43(48)46(30-34-11-7-15-38(23-34)51-3)31-35-12-8-16-39(24-35)52-4/h5-16,21-27H,17-20,28-31H2,1-4H3. The first kappa shape index (κ1) is 40.6. The van der Waals surface area contributed by atoms with Crippen LogP contribution in [0.2, 0.25) is 0 Å². The molecule has 0 fully saturated rings. The molecule has 0 N–H and O–H groups in total. The van der Waals surface area contributed by atoms with Crippen molar-refractivity contribution in [1.82, 2.24) is 14.8 Å². The number of carbonyl (C=O) groups excluding carboxylic acids is 2. The maximum Gasteiger partial charge on any atom is 0.410 e. The lowest BCUT2D eigenvalue weighted by atomic mass is 10.1. The predicted molar refractivity (Wildman–Crippen MR) is 208 cm³/mol. The summed E-state index contributed by atoms with van der Waals surface area (Å²) in [5.41, 5.74) is 3.54. The lowest BCUT2D eigenvalue weighted by Crippen LogP contribution is -2.31. The van der Waals surface area contributed by atoms with Gasteiger partial charge in [-0.1, -0.05) is 48.5 Å². The first-order chi connectivity index (χ1) is 27.3. The molecule has 1 aromatic heterocycles. The molecule has 0 saturated heterocycles. The van der Waals surface area contributed by atoms with Crippen LogP contribution in [-0.2, 0) is 35.7 Å². The SMILES string of the molecule is COc1cccc(CN(Cc2cccc(OC)c2)C(=O)OCCOc2cncc(OCCOC(=O)N(Cc3cccc(OC)c3)Cc3cccc(OC)c3)c2)c1. The molecule has 5 aromatic rings. The van der Waals surface area contributed by atoms with E-state index in [0.29, 0.717) is 60.7 Å². The van der Waals surface area contributed by atoms with Gasteiger partial charge in [0.1, 0.15) is 60.9 Å². The summed E-state index contributed by atoms with van der Waals surface area (Å²) in [6.45, 7) is 1.35. The van der Waals surface area contributed by atoms with E-state index in [-0.39, 0.29) is 26.4 Å². The van der Waals surface area contributed by atoms with E-state index in [0.717, 1.165) is 22.3 Å². The van der Waals surface area contributed by atoms with Crippen LogP contribution in [0.15, 0.2) is 116 Å².